The van der Waals surface area contributed by atoms with Crippen LogP contribution in [0.5, 0.6) is 0 Å². The molecule has 1 aliphatic rings. The van der Waals surface area contributed by atoms with E-state index in [-0.39, 0.29) is 32.7 Å². The van der Waals surface area contributed by atoms with Crippen molar-refractivity contribution in [2.24, 2.45) is 11.1 Å². The standard InChI is InChI=1S/C20H22Cl2N4O4S/c1-31(29,30)17-7-4-13(9-16(17)21)15(8-12-2-5-14(26-28)6-3-12)20(27)25-19-11-23-18(22)10-24-19/h4,7,9-12,15,28H,2-3,5-6,8H2,1H3,(H,24,25,27). The number of aromatic nitrogens is 2. The molecule has 1 saturated carbocycles. The van der Waals surface area contributed by atoms with Gasteiger partial charge < -0.3 is 10.5 Å². The highest BCUT2D eigenvalue weighted by atomic mass is 35.5. The van der Waals surface area contributed by atoms with Crippen molar-refractivity contribution in [3.05, 3.63) is 46.3 Å². The Balaban J connectivity index is 1.87. The van der Waals surface area contributed by atoms with E-state index in [1.807, 2.05) is 0 Å². The van der Waals surface area contributed by atoms with Gasteiger partial charge in [-0.15, -0.1) is 0 Å². The molecule has 2 N–H and O–H groups in total. The van der Waals surface area contributed by atoms with E-state index < -0.39 is 15.8 Å². The van der Waals surface area contributed by atoms with Gasteiger partial charge in [-0.25, -0.2) is 18.4 Å². The minimum atomic E-state index is -3.49. The Hall–Kier alpha value is -2.23. The summed E-state index contributed by atoms with van der Waals surface area (Å²) in [5.41, 5.74) is 1.37. The largest absolute Gasteiger partial charge is 0.411 e. The van der Waals surface area contributed by atoms with Crippen LogP contribution < -0.4 is 5.32 Å². The fraction of sp³-hybridized carbons (Fsp3) is 0.400. The van der Waals surface area contributed by atoms with Crippen LogP contribution >= 0.6 is 23.2 Å². The Labute approximate surface area is 190 Å². The van der Waals surface area contributed by atoms with Gasteiger partial charge in [-0.2, -0.15) is 0 Å². The van der Waals surface area contributed by atoms with Crippen molar-refractivity contribution in [1.82, 2.24) is 9.97 Å². The zero-order chi connectivity index (χ0) is 22.6. The number of amides is 1. The summed E-state index contributed by atoms with van der Waals surface area (Å²) in [6.45, 7) is 0. The van der Waals surface area contributed by atoms with Gasteiger partial charge in [-0.1, -0.05) is 34.4 Å². The number of benzene rings is 1. The van der Waals surface area contributed by atoms with Crippen molar-refractivity contribution in [1.29, 1.82) is 0 Å². The molecule has 1 atom stereocenters. The number of rotatable bonds is 6. The molecule has 1 fully saturated rings. The lowest BCUT2D eigenvalue weighted by molar-refractivity contribution is -0.118. The maximum absolute atomic E-state index is 13.1. The van der Waals surface area contributed by atoms with Gasteiger partial charge in [-0.3, -0.25) is 4.79 Å². The van der Waals surface area contributed by atoms with Gasteiger partial charge in [0.25, 0.3) is 0 Å². The summed E-state index contributed by atoms with van der Waals surface area (Å²) in [6.07, 6.45) is 7.23. The van der Waals surface area contributed by atoms with E-state index in [4.69, 9.17) is 28.4 Å². The summed E-state index contributed by atoms with van der Waals surface area (Å²) < 4.78 is 23.8. The van der Waals surface area contributed by atoms with Gasteiger partial charge in [0, 0.05) is 6.26 Å². The minimum Gasteiger partial charge on any atom is -0.411 e. The van der Waals surface area contributed by atoms with Gasteiger partial charge in [0.2, 0.25) is 5.91 Å². The summed E-state index contributed by atoms with van der Waals surface area (Å²) in [7, 11) is -3.49. The Morgan fingerprint density at radius 2 is 1.97 bits per heavy atom. The van der Waals surface area contributed by atoms with Crippen LogP contribution in [0.25, 0.3) is 0 Å². The van der Waals surface area contributed by atoms with E-state index in [1.165, 1.54) is 24.5 Å². The molecular formula is C20H22Cl2N4O4S. The third kappa shape index (κ3) is 6.15. The second kappa shape index (κ2) is 9.93. The third-order valence-corrected chi connectivity index (χ3v) is 7.11. The molecule has 0 radical (unpaired) electrons. The Kier molecular flexibility index (Phi) is 7.51. The average molecular weight is 485 g/mol. The van der Waals surface area contributed by atoms with Crippen LogP contribution in [0.15, 0.2) is 40.6 Å². The second-order valence-electron chi connectivity index (χ2n) is 7.57. The predicted molar refractivity (Wildman–Crippen MR) is 119 cm³/mol. The highest BCUT2D eigenvalue weighted by molar-refractivity contribution is 7.90. The number of sulfone groups is 1. The van der Waals surface area contributed by atoms with Crippen LogP contribution in [-0.4, -0.2) is 41.5 Å². The van der Waals surface area contributed by atoms with Crippen molar-refractivity contribution < 1.29 is 18.4 Å². The maximum atomic E-state index is 13.1. The second-order valence-corrected chi connectivity index (χ2v) is 10.4. The molecule has 0 spiro atoms. The molecule has 1 aliphatic carbocycles. The molecule has 1 heterocycles. The normalized spacial score (nSPS) is 17.8. The third-order valence-electron chi connectivity index (χ3n) is 5.34. The fourth-order valence-electron chi connectivity index (χ4n) is 3.70. The lowest BCUT2D eigenvalue weighted by Gasteiger charge is -2.27. The summed E-state index contributed by atoms with van der Waals surface area (Å²) in [5, 5.41) is 15.3. The molecule has 0 aliphatic heterocycles. The SMILES string of the molecule is CS(=O)(=O)c1ccc(C(CC2CCC(=NO)CC2)C(=O)Nc2cnc(Cl)cn2)cc1Cl. The molecule has 11 heteroatoms. The van der Waals surface area contributed by atoms with Gasteiger partial charge >= 0.3 is 0 Å². The first-order chi connectivity index (χ1) is 14.7. The van der Waals surface area contributed by atoms with Crippen LogP contribution in [0.2, 0.25) is 10.2 Å². The van der Waals surface area contributed by atoms with Gasteiger partial charge in [0.15, 0.2) is 15.7 Å². The molecule has 8 nitrogen and oxygen atoms in total. The Morgan fingerprint density at radius 3 is 2.52 bits per heavy atom. The molecule has 31 heavy (non-hydrogen) atoms. The summed E-state index contributed by atoms with van der Waals surface area (Å²) in [6, 6.07) is 4.56. The number of anilines is 1. The molecule has 1 aromatic heterocycles. The molecule has 166 valence electrons. The van der Waals surface area contributed by atoms with Crippen LogP contribution in [0.3, 0.4) is 0 Å². The zero-order valence-corrected chi connectivity index (χ0v) is 19.1. The van der Waals surface area contributed by atoms with Crippen molar-refractivity contribution in [3.8, 4) is 0 Å². The van der Waals surface area contributed by atoms with E-state index in [0.29, 0.717) is 24.8 Å². The molecule has 0 bridgehead atoms. The van der Waals surface area contributed by atoms with E-state index in [0.717, 1.165) is 24.8 Å². The highest BCUT2D eigenvalue weighted by Gasteiger charge is 2.28. The quantitative estimate of drug-likeness (QED) is 0.464. The molecular weight excluding hydrogens is 463 g/mol. The van der Waals surface area contributed by atoms with Crippen molar-refractivity contribution >= 4 is 50.5 Å². The smallest absolute Gasteiger partial charge is 0.233 e. The van der Waals surface area contributed by atoms with Crippen molar-refractivity contribution in [2.75, 3.05) is 11.6 Å². The first-order valence-electron chi connectivity index (χ1n) is 9.65. The van der Waals surface area contributed by atoms with E-state index in [9.17, 15) is 13.2 Å². The van der Waals surface area contributed by atoms with Crippen molar-refractivity contribution in [2.45, 2.75) is 42.9 Å². The van der Waals surface area contributed by atoms with E-state index >= 15 is 0 Å². The number of hydrogen-bond acceptors (Lipinski definition) is 7. The predicted octanol–water partition coefficient (Wildman–Crippen LogP) is 4.32. The van der Waals surface area contributed by atoms with Crippen molar-refractivity contribution in [3.63, 3.8) is 0 Å². The number of carbonyl (C=O) groups excluding carboxylic acids is 1. The molecule has 1 aromatic carbocycles. The first kappa shape index (κ1) is 23.4. The number of nitrogens with zero attached hydrogens (tertiary/aromatic N) is 3. The fourth-order valence-corrected chi connectivity index (χ4v) is 5.13. The van der Waals surface area contributed by atoms with Crippen LogP contribution in [-0.2, 0) is 14.6 Å². The summed E-state index contributed by atoms with van der Waals surface area (Å²) in [4.78, 5) is 21.1. The molecule has 3 rings (SSSR count). The summed E-state index contributed by atoms with van der Waals surface area (Å²) >= 11 is 12.0. The number of nitrogens with one attached hydrogen (secondary N) is 1. The van der Waals surface area contributed by atoms with Crippen LogP contribution in [0, 0.1) is 5.92 Å². The highest BCUT2D eigenvalue weighted by Crippen LogP contribution is 2.35. The van der Waals surface area contributed by atoms with E-state index in [2.05, 4.69) is 20.4 Å². The Bertz CT molecular complexity index is 1080. The molecule has 1 unspecified atom stereocenters. The van der Waals surface area contributed by atoms with Gasteiger partial charge in [-0.05, 0) is 55.7 Å². The number of halogens is 2. The monoisotopic (exact) mass is 484 g/mol. The Morgan fingerprint density at radius 1 is 1.26 bits per heavy atom. The number of hydrogen-bond donors (Lipinski definition) is 2. The first-order valence-corrected chi connectivity index (χ1v) is 12.3. The van der Waals surface area contributed by atoms with Crippen LogP contribution in [0.1, 0.15) is 43.6 Å². The average Bonchev–Trinajstić information content (AvgIpc) is 2.73. The number of carbonyl (C=O) groups is 1. The number of oxime groups is 1. The molecule has 1 amide bonds. The van der Waals surface area contributed by atoms with E-state index in [1.54, 1.807) is 6.07 Å². The van der Waals surface area contributed by atoms with Gasteiger partial charge in [0.05, 0.1) is 33.9 Å². The maximum Gasteiger partial charge on any atom is 0.233 e. The van der Waals surface area contributed by atoms with Crippen LogP contribution in [0.4, 0.5) is 5.82 Å². The minimum absolute atomic E-state index is 0.0158. The molecule has 0 saturated heterocycles. The van der Waals surface area contributed by atoms with Gasteiger partial charge in [0.1, 0.15) is 5.15 Å². The molecule has 2 aromatic rings. The lowest BCUT2D eigenvalue weighted by Crippen LogP contribution is -2.26. The topological polar surface area (TPSA) is 122 Å². The zero-order valence-electron chi connectivity index (χ0n) is 16.8. The summed E-state index contributed by atoms with van der Waals surface area (Å²) in [5.74, 6) is -0.398. The lowest BCUT2D eigenvalue weighted by atomic mass is 9.79.